The van der Waals surface area contributed by atoms with Gasteiger partial charge in [0, 0.05) is 27.7 Å². The summed E-state index contributed by atoms with van der Waals surface area (Å²) < 4.78 is 5.88. The second-order valence-corrected chi connectivity index (χ2v) is 9.54. The molecule has 0 saturated carbocycles. The lowest BCUT2D eigenvalue weighted by Crippen LogP contribution is -2.08. The molecule has 186 valence electrons. The molecule has 0 atom stereocenters. The number of amides is 1. The van der Waals surface area contributed by atoms with Gasteiger partial charge in [-0.2, -0.15) is 0 Å². The van der Waals surface area contributed by atoms with E-state index in [4.69, 9.17) is 21.1 Å². The number of nitrogens with one attached hydrogen (secondary N) is 1. The van der Waals surface area contributed by atoms with Crippen LogP contribution in [0.5, 0.6) is 0 Å². The van der Waals surface area contributed by atoms with E-state index >= 15 is 0 Å². The van der Waals surface area contributed by atoms with E-state index in [1.165, 1.54) is 6.08 Å². The normalized spacial score (nSPS) is 11.6. The van der Waals surface area contributed by atoms with E-state index in [-0.39, 0.29) is 5.91 Å². The molecule has 0 bridgehead atoms. The van der Waals surface area contributed by atoms with Crippen LogP contribution in [0.4, 0.5) is 5.69 Å². The maximum Gasteiger partial charge on any atom is 0.248 e. The Morgan fingerprint density at radius 3 is 2.53 bits per heavy atom. The summed E-state index contributed by atoms with van der Waals surface area (Å²) in [5.74, 6) is 0.977. The van der Waals surface area contributed by atoms with Gasteiger partial charge in [0.2, 0.25) is 5.91 Å². The van der Waals surface area contributed by atoms with Crippen LogP contribution in [0.25, 0.3) is 44.9 Å². The summed E-state index contributed by atoms with van der Waals surface area (Å²) in [6.07, 6.45) is 3.08. The molecule has 2 aromatic heterocycles. The first-order chi connectivity index (χ1) is 18.4. The Balaban J connectivity index is 1.21. The average molecular weight is 519 g/mol. The van der Waals surface area contributed by atoms with Crippen molar-refractivity contribution in [2.24, 2.45) is 0 Å². The summed E-state index contributed by atoms with van der Waals surface area (Å²) in [5.41, 5.74) is 5.79. The summed E-state index contributed by atoms with van der Waals surface area (Å²) in [7, 11) is 0. The van der Waals surface area contributed by atoms with Gasteiger partial charge in [0.1, 0.15) is 22.6 Å². The highest BCUT2D eigenvalue weighted by atomic mass is 35.5. The molecule has 38 heavy (non-hydrogen) atoms. The zero-order valence-electron chi connectivity index (χ0n) is 20.8. The number of furan rings is 1. The first kappa shape index (κ1) is 23.7. The van der Waals surface area contributed by atoms with Crippen LogP contribution in [0.1, 0.15) is 16.9 Å². The van der Waals surface area contributed by atoms with Gasteiger partial charge in [-0.3, -0.25) is 4.79 Å². The number of hydrogen-bond donors (Lipinski definition) is 1. The van der Waals surface area contributed by atoms with Gasteiger partial charge in [-0.1, -0.05) is 60.1 Å². The van der Waals surface area contributed by atoms with Gasteiger partial charge in [-0.15, -0.1) is 15.0 Å². The predicted octanol–water partition coefficient (Wildman–Crippen LogP) is 7.76. The van der Waals surface area contributed by atoms with Gasteiger partial charge in [0.15, 0.2) is 0 Å². The molecule has 0 aliphatic rings. The number of anilines is 1. The molecule has 6 rings (SSSR count). The third-order valence-electron chi connectivity index (χ3n) is 6.45. The van der Waals surface area contributed by atoms with E-state index in [1.54, 1.807) is 10.9 Å². The standard InChI is InChI=1S/C31H23ClN4O2/c1-19-10-11-22(17-25(19)32)30-14-12-23(38-30)13-15-31(37)33-26-18-28-27(16-20(26)2)34-36(35-28)29-9-5-7-21-6-3-4-8-24(21)29/h3-18H,1-2H3,(H,33,37). The van der Waals surface area contributed by atoms with Crippen LogP contribution in [-0.2, 0) is 4.79 Å². The van der Waals surface area contributed by atoms with Crippen molar-refractivity contribution in [1.82, 2.24) is 15.0 Å². The van der Waals surface area contributed by atoms with Crippen molar-refractivity contribution < 1.29 is 9.21 Å². The Kier molecular flexibility index (Phi) is 6.02. The number of fused-ring (bicyclic) bond motifs is 2. The van der Waals surface area contributed by atoms with Crippen LogP contribution in [0, 0.1) is 13.8 Å². The lowest BCUT2D eigenvalue weighted by Gasteiger charge is -2.05. The topological polar surface area (TPSA) is 73.0 Å². The molecule has 2 heterocycles. The first-order valence-electron chi connectivity index (χ1n) is 12.2. The Hall–Kier alpha value is -4.68. The van der Waals surface area contributed by atoms with E-state index in [0.29, 0.717) is 27.7 Å². The van der Waals surface area contributed by atoms with E-state index in [9.17, 15) is 4.79 Å². The molecule has 1 N–H and O–H groups in total. The average Bonchev–Trinajstić information content (AvgIpc) is 3.56. The van der Waals surface area contributed by atoms with Crippen LogP contribution in [-0.4, -0.2) is 20.9 Å². The summed E-state index contributed by atoms with van der Waals surface area (Å²) >= 11 is 6.24. The number of carbonyl (C=O) groups excluding carboxylic acids is 1. The maximum atomic E-state index is 12.7. The first-order valence-corrected chi connectivity index (χ1v) is 12.5. The molecule has 6 aromatic rings. The van der Waals surface area contributed by atoms with E-state index in [1.807, 2.05) is 80.6 Å². The van der Waals surface area contributed by atoms with Crippen molar-refractivity contribution in [3.8, 4) is 17.0 Å². The van der Waals surface area contributed by atoms with Crippen molar-refractivity contribution in [3.05, 3.63) is 113 Å². The molecular weight excluding hydrogens is 496 g/mol. The Morgan fingerprint density at radius 1 is 0.895 bits per heavy atom. The summed E-state index contributed by atoms with van der Waals surface area (Å²) in [4.78, 5) is 14.4. The van der Waals surface area contributed by atoms with Gasteiger partial charge < -0.3 is 9.73 Å². The van der Waals surface area contributed by atoms with Gasteiger partial charge in [-0.05, 0) is 72.8 Å². The lowest BCUT2D eigenvalue weighted by molar-refractivity contribution is -0.111. The van der Waals surface area contributed by atoms with Crippen LogP contribution in [0.3, 0.4) is 0 Å². The van der Waals surface area contributed by atoms with E-state index in [0.717, 1.165) is 38.7 Å². The number of rotatable bonds is 5. The number of aromatic nitrogens is 3. The highest BCUT2D eigenvalue weighted by Gasteiger charge is 2.12. The summed E-state index contributed by atoms with van der Waals surface area (Å²) in [6, 6.07) is 27.4. The fourth-order valence-electron chi connectivity index (χ4n) is 4.37. The molecule has 7 heteroatoms. The summed E-state index contributed by atoms with van der Waals surface area (Å²) in [5, 5.41) is 15.2. The lowest BCUT2D eigenvalue weighted by atomic mass is 10.1. The van der Waals surface area contributed by atoms with Gasteiger partial charge in [0.05, 0.1) is 5.69 Å². The molecule has 4 aromatic carbocycles. The fraction of sp³-hybridized carbons (Fsp3) is 0.0645. The number of benzene rings is 4. The molecule has 1 amide bonds. The third kappa shape index (κ3) is 4.58. The van der Waals surface area contributed by atoms with Crippen molar-refractivity contribution in [2.75, 3.05) is 5.32 Å². The molecule has 0 saturated heterocycles. The molecule has 0 spiro atoms. The highest BCUT2D eigenvalue weighted by molar-refractivity contribution is 6.31. The Labute approximate surface area is 224 Å². The van der Waals surface area contributed by atoms with Crippen LogP contribution < -0.4 is 5.32 Å². The number of carbonyl (C=O) groups is 1. The monoisotopic (exact) mass is 518 g/mol. The molecular formula is C31H23ClN4O2. The molecule has 0 aliphatic heterocycles. The quantitative estimate of drug-likeness (QED) is 0.237. The largest absolute Gasteiger partial charge is 0.457 e. The maximum absolute atomic E-state index is 12.7. The third-order valence-corrected chi connectivity index (χ3v) is 6.86. The number of hydrogen-bond acceptors (Lipinski definition) is 4. The fourth-order valence-corrected chi connectivity index (χ4v) is 4.55. The van der Waals surface area contributed by atoms with Gasteiger partial charge >= 0.3 is 0 Å². The van der Waals surface area contributed by atoms with Gasteiger partial charge in [0.25, 0.3) is 0 Å². The highest BCUT2D eigenvalue weighted by Crippen LogP contribution is 2.28. The number of aryl methyl sites for hydroxylation is 2. The Morgan fingerprint density at radius 2 is 1.68 bits per heavy atom. The SMILES string of the molecule is Cc1ccc(-c2ccc(C=CC(=O)Nc3cc4nn(-c5cccc6ccccc56)nc4cc3C)o2)cc1Cl. The van der Waals surface area contributed by atoms with Crippen molar-refractivity contribution in [1.29, 1.82) is 0 Å². The van der Waals surface area contributed by atoms with Crippen LogP contribution >= 0.6 is 11.6 Å². The Bertz CT molecular complexity index is 1860. The zero-order valence-corrected chi connectivity index (χ0v) is 21.5. The minimum atomic E-state index is -0.273. The van der Waals surface area contributed by atoms with Crippen molar-refractivity contribution in [2.45, 2.75) is 13.8 Å². The minimum Gasteiger partial charge on any atom is -0.457 e. The number of nitrogens with zero attached hydrogens (tertiary/aromatic N) is 3. The second kappa shape index (κ2) is 9.65. The minimum absolute atomic E-state index is 0.273. The van der Waals surface area contributed by atoms with Crippen LogP contribution in [0.2, 0.25) is 5.02 Å². The molecule has 0 fully saturated rings. The number of halogens is 1. The van der Waals surface area contributed by atoms with E-state index in [2.05, 4.69) is 28.6 Å². The molecule has 6 nitrogen and oxygen atoms in total. The summed E-state index contributed by atoms with van der Waals surface area (Å²) in [6.45, 7) is 3.88. The van der Waals surface area contributed by atoms with Crippen molar-refractivity contribution >= 4 is 51.1 Å². The molecule has 0 unspecified atom stereocenters. The smallest absolute Gasteiger partial charge is 0.248 e. The zero-order chi connectivity index (χ0) is 26.2. The van der Waals surface area contributed by atoms with Crippen LogP contribution in [0.15, 0.2) is 95.4 Å². The predicted molar refractivity (Wildman–Crippen MR) is 153 cm³/mol. The molecule has 0 radical (unpaired) electrons. The van der Waals surface area contributed by atoms with E-state index < -0.39 is 0 Å². The van der Waals surface area contributed by atoms with Crippen molar-refractivity contribution in [3.63, 3.8) is 0 Å². The second-order valence-electron chi connectivity index (χ2n) is 9.13. The van der Waals surface area contributed by atoms with Gasteiger partial charge in [-0.25, -0.2) is 0 Å². The molecule has 0 aliphatic carbocycles.